The second-order valence-electron chi connectivity index (χ2n) is 2.96. The summed E-state index contributed by atoms with van der Waals surface area (Å²) >= 11 is 1.41. The van der Waals surface area contributed by atoms with Crippen molar-refractivity contribution in [2.45, 2.75) is 26.4 Å². The van der Waals surface area contributed by atoms with Crippen molar-refractivity contribution >= 4 is 17.2 Å². The van der Waals surface area contributed by atoms with Crippen LogP contribution in [0.2, 0.25) is 0 Å². The minimum atomic E-state index is -0.133. The van der Waals surface area contributed by atoms with Crippen molar-refractivity contribution in [3.8, 4) is 0 Å². The highest BCUT2D eigenvalue weighted by Crippen LogP contribution is 2.08. The third-order valence-corrected chi connectivity index (χ3v) is 2.25. The lowest BCUT2D eigenvalue weighted by Gasteiger charge is -2.05. The number of carbonyl (C=O) groups is 1. The van der Waals surface area contributed by atoms with Gasteiger partial charge in [-0.1, -0.05) is 0 Å². The van der Waals surface area contributed by atoms with E-state index in [4.69, 9.17) is 5.73 Å². The largest absolute Gasteiger partial charge is 0.349 e. The molecule has 0 saturated heterocycles. The summed E-state index contributed by atoms with van der Waals surface area (Å²) in [7, 11) is 0. The third-order valence-electron chi connectivity index (χ3n) is 1.38. The molecule has 0 spiro atoms. The van der Waals surface area contributed by atoms with E-state index >= 15 is 0 Å². The normalized spacial score (nSPS) is 10.5. The number of amides is 1. The summed E-state index contributed by atoms with van der Waals surface area (Å²) in [4.78, 5) is 15.4. The number of aromatic nitrogens is 1. The Hall–Kier alpha value is -0.940. The van der Waals surface area contributed by atoms with Gasteiger partial charge in [0.15, 0.2) is 0 Å². The fourth-order valence-electron chi connectivity index (χ4n) is 0.845. The van der Waals surface area contributed by atoms with Crippen molar-refractivity contribution < 1.29 is 4.79 Å². The van der Waals surface area contributed by atoms with Gasteiger partial charge in [0, 0.05) is 18.0 Å². The molecule has 4 nitrogen and oxygen atoms in total. The minimum absolute atomic E-state index is 0.133. The Morgan fingerprint density at radius 2 is 2.46 bits per heavy atom. The molecule has 1 aromatic rings. The lowest BCUT2D eigenvalue weighted by atomic mass is 10.3. The average Bonchev–Trinajstić information content (AvgIpc) is 2.50. The van der Waals surface area contributed by atoms with E-state index in [1.54, 1.807) is 5.38 Å². The molecule has 0 fully saturated rings. The molecule has 0 atom stereocenters. The highest BCUT2D eigenvalue weighted by Gasteiger charge is 2.10. The Balaban J connectivity index is 2.66. The molecular formula is C8H13N3OS. The van der Waals surface area contributed by atoms with Crippen LogP contribution in [-0.2, 0) is 6.54 Å². The van der Waals surface area contributed by atoms with E-state index in [9.17, 15) is 4.79 Å². The summed E-state index contributed by atoms with van der Waals surface area (Å²) in [5.74, 6) is -0.133. The first-order chi connectivity index (χ1) is 6.13. The van der Waals surface area contributed by atoms with Crippen molar-refractivity contribution in [3.05, 3.63) is 16.1 Å². The molecule has 13 heavy (non-hydrogen) atoms. The minimum Gasteiger partial charge on any atom is -0.349 e. The van der Waals surface area contributed by atoms with Crippen LogP contribution in [0.15, 0.2) is 5.38 Å². The van der Waals surface area contributed by atoms with E-state index in [0.29, 0.717) is 12.2 Å². The monoisotopic (exact) mass is 199 g/mol. The quantitative estimate of drug-likeness (QED) is 0.754. The molecule has 0 saturated carbocycles. The Bertz CT molecular complexity index is 295. The molecule has 72 valence electrons. The number of nitrogens with two attached hydrogens (primary N) is 1. The zero-order valence-corrected chi connectivity index (χ0v) is 8.52. The summed E-state index contributed by atoms with van der Waals surface area (Å²) in [5, 5.41) is 5.27. The van der Waals surface area contributed by atoms with Crippen molar-refractivity contribution in [1.29, 1.82) is 0 Å². The Morgan fingerprint density at radius 3 is 2.92 bits per heavy atom. The molecule has 0 unspecified atom stereocenters. The molecule has 0 aliphatic rings. The molecule has 1 heterocycles. The van der Waals surface area contributed by atoms with Crippen molar-refractivity contribution in [1.82, 2.24) is 10.3 Å². The molecule has 5 heteroatoms. The van der Waals surface area contributed by atoms with Crippen LogP contribution in [0.3, 0.4) is 0 Å². The van der Waals surface area contributed by atoms with Crippen LogP contribution in [0.25, 0.3) is 0 Å². The Kier molecular flexibility index (Phi) is 3.39. The first kappa shape index (κ1) is 10.1. The zero-order valence-electron chi connectivity index (χ0n) is 7.70. The van der Waals surface area contributed by atoms with Gasteiger partial charge in [0.05, 0.1) is 0 Å². The van der Waals surface area contributed by atoms with Gasteiger partial charge in [0.25, 0.3) is 5.91 Å². The number of thiazole rings is 1. The maximum atomic E-state index is 11.4. The fraction of sp³-hybridized carbons (Fsp3) is 0.500. The summed E-state index contributed by atoms with van der Waals surface area (Å²) in [5.41, 5.74) is 5.84. The highest BCUT2D eigenvalue weighted by molar-refractivity contribution is 7.09. The lowest BCUT2D eigenvalue weighted by molar-refractivity contribution is 0.0938. The van der Waals surface area contributed by atoms with E-state index in [-0.39, 0.29) is 11.9 Å². The average molecular weight is 199 g/mol. The number of hydrogen-bond acceptors (Lipinski definition) is 4. The van der Waals surface area contributed by atoms with Gasteiger partial charge in [-0.3, -0.25) is 4.79 Å². The number of carbonyl (C=O) groups excluding carboxylic acids is 1. The van der Waals surface area contributed by atoms with E-state index < -0.39 is 0 Å². The van der Waals surface area contributed by atoms with Crippen LogP contribution >= 0.6 is 11.3 Å². The number of nitrogens with zero attached hydrogens (tertiary/aromatic N) is 1. The maximum Gasteiger partial charge on any atom is 0.270 e. The smallest absolute Gasteiger partial charge is 0.270 e. The van der Waals surface area contributed by atoms with Crippen LogP contribution in [0.5, 0.6) is 0 Å². The van der Waals surface area contributed by atoms with Gasteiger partial charge in [0.1, 0.15) is 10.7 Å². The van der Waals surface area contributed by atoms with Crippen LogP contribution in [0.1, 0.15) is 29.3 Å². The van der Waals surface area contributed by atoms with Gasteiger partial charge in [0.2, 0.25) is 0 Å². The van der Waals surface area contributed by atoms with E-state index in [1.165, 1.54) is 11.3 Å². The van der Waals surface area contributed by atoms with Gasteiger partial charge < -0.3 is 11.1 Å². The fourth-order valence-corrected chi connectivity index (χ4v) is 1.50. The van der Waals surface area contributed by atoms with Crippen molar-refractivity contribution in [2.75, 3.05) is 0 Å². The van der Waals surface area contributed by atoms with Gasteiger partial charge in [-0.05, 0) is 13.8 Å². The number of nitrogens with one attached hydrogen (secondary N) is 1. The van der Waals surface area contributed by atoms with Crippen LogP contribution < -0.4 is 11.1 Å². The topological polar surface area (TPSA) is 68.0 Å². The van der Waals surface area contributed by atoms with E-state index in [0.717, 1.165) is 5.01 Å². The molecule has 0 aromatic carbocycles. The SMILES string of the molecule is CC(C)NC(=O)c1csc(CN)n1. The van der Waals surface area contributed by atoms with E-state index in [2.05, 4.69) is 10.3 Å². The lowest BCUT2D eigenvalue weighted by Crippen LogP contribution is -2.30. The molecule has 1 rings (SSSR count). The molecule has 1 amide bonds. The second kappa shape index (κ2) is 4.34. The molecule has 0 aliphatic heterocycles. The Labute approximate surface area is 81.2 Å². The maximum absolute atomic E-state index is 11.4. The third kappa shape index (κ3) is 2.78. The van der Waals surface area contributed by atoms with Gasteiger partial charge in [-0.15, -0.1) is 11.3 Å². The summed E-state index contributed by atoms with van der Waals surface area (Å²) in [6, 6.07) is 0.135. The molecular weight excluding hydrogens is 186 g/mol. The molecule has 1 aromatic heterocycles. The van der Waals surface area contributed by atoms with E-state index in [1.807, 2.05) is 13.8 Å². The second-order valence-corrected chi connectivity index (χ2v) is 3.90. The number of rotatable bonds is 3. The van der Waals surface area contributed by atoms with Crippen molar-refractivity contribution in [3.63, 3.8) is 0 Å². The molecule has 0 radical (unpaired) electrons. The van der Waals surface area contributed by atoms with Crippen molar-refractivity contribution in [2.24, 2.45) is 5.73 Å². The first-order valence-corrected chi connectivity index (χ1v) is 4.96. The number of hydrogen-bond donors (Lipinski definition) is 2. The summed E-state index contributed by atoms with van der Waals surface area (Å²) in [6.45, 7) is 4.21. The summed E-state index contributed by atoms with van der Waals surface area (Å²) < 4.78 is 0. The van der Waals surface area contributed by atoms with Gasteiger partial charge in [-0.2, -0.15) is 0 Å². The van der Waals surface area contributed by atoms with Gasteiger partial charge in [-0.25, -0.2) is 4.98 Å². The van der Waals surface area contributed by atoms with Crippen LogP contribution in [-0.4, -0.2) is 16.9 Å². The Morgan fingerprint density at radius 1 is 1.77 bits per heavy atom. The molecule has 0 bridgehead atoms. The highest BCUT2D eigenvalue weighted by atomic mass is 32.1. The molecule has 0 aliphatic carbocycles. The summed E-state index contributed by atoms with van der Waals surface area (Å²) in [6.07, 6.45) is 0. The van der Waals surface area contributed by atoms with Crippen LogP contribution in [0, 0.1) is 0 Å². The first-order valence-electron chi connectivity index (χ1n) is 4.09. The predicted molar refractivity (Wildman–Crippen MR) is 52.6 cm³/mol. The van der Waals surface area contributed by atoms with Gasteiger partial charge >= 0.3 is 0 Å². The van der Waals surface area contributed by atoms with Crippen LogP contribution in [0.4, 0.5) is 0 Å². The molecule has 3 N–H and O–H groups in total. The standard InChI is InChI=1S/C8H13N3OS/c1-5(2)10-8(12)6-4-13-7(3-9)11-6/h4-5H,3,9H2,1-2H3,(H,10,12). The predicted octanol–water partition coefficient (Wildman–Crippen LogP) is 0.740. The zero-order chi connectivity index (χ0) is 9.84.